The highest BCUT2D eigenvalue weighted by molar-refractivity contribution is 6.36. The number of benzene rings is 2. The largest absolute Gasteiger partial charge is 0.495 e. The lowest BCUT2D eigenvalue weighted by Gasteiger charge is -2.16. The number of aryl methyl sites for hydroxylation is 3. The summed E-state index contributed by atoms with van der Waals surface area (Å²) < 4.78 is 11.1. The number of methoxy groups -OCH3 is 1. The van der Waals surface area contributed by atoms with Gasteiger partial charge >= 0.3 is 0 Å². The zero-order valence-electron chi connectivity index (χ0n) is 20.3. The van der Waals surface area contributed by atoms with Crippen LogP contribution in [0.3, 0.4) is 0 Å². The van der Waals surface area contributed by atoms with E-state index in [1.54, 1.807) is 7.11 Å². The molecule has 0 aliphatic carbocycles. The lowest BCUT2D eigenvalue weighted by molar-refractivity contribution is -0.137. The van der Waals surface area contributed by atoms with Crippen molar-refractivity contribution in [3.8, 4) is 5.75 Å². The van der Waals surface area contributed by atoms with E-state index < -0.39 is 0 Å². The molecule has 33 heavy (non-hydrogen) atoms. The predicted molar refractivity (Wildman–Crippen MR) is 131 cm³/mol. The first-order chi connectivity index (χ1) is 15.9. The lowest BCUT2D eigenvalue weighted by Crippen LogP contribution is -2.34. The highest BCUT2D eigenvalue weighted by Gasteiger charge is 2.39. The van der Waals surface area contributed by atoms with Crippen molar-refractivity contribution in [2.75, 3.05) is 32.2 Å². The van der Waals surface area contributed by atoms with Gasteiger partial charge in [-0.05, 0) is 62.4 Å². The Hall–Kier alpha value is -3.12. The number of hydrogen-bond donors (Lipinski definition) is 1. The first-order valence-corrected chi connectivity index (χ1v) is 11.5. The van der Waals surface area contributed by atoms with E-state index in [0.717, 1.165) is 35.1 Å². The highest BCUT2D eigenvalue weighted by Crippen LogP contribution is 2.35. The summed E-state index contributed by atoms with van der Waals surface area (Å²) in [5.74, 6) is -0.00201. The van der Waals surface area contributed by atoms with Crippen molar-refractivity contribution in [1.82, 2.24) is 4.90 Å². The molecule has 0 bridgehead atoms. The SMILES string of the molecule is CCCCOCCCN1C(=O)C(Nc2cc(C)ccc2OC)=C(c2ccc(C)cc2C)C1=O. The Labute approximate surface area is 196 Å². The number of nitrogens with one attached hydrogen (secondary N) is 1. The number of anilines is 1. The molecule has 176 valence electrons. The fourth-order valence-electron chi connectivity index (χ4n) is 3.97. The number of rotatable bonds is 11. The van der Waals surface area contributed by atoms with Crippen molar-refractivity contribution in [3.63, 3.8) is 0 Å². The molecule has 1 heterocycles. The Kier molecular flexibility index (Phi) is 8.28. The first kappa shape index (κ1) is 24.5. The standard InChI is InChI=1S/C27H34N2O4/c1-6-7-14-33-15-8-13-29-26(30)24(21-11-9-18(2)16-20(21)4)25(27(29)31)28-22-17-19(3)10-12-23(22)32-5/h9-12,16-17,28H,6-8,13-15H2,1-5H3. The molecule has 1 aliphatic heterocycles. The van der Waals surface area contributed by atoms with Crippen LogP contribution in [0.2, 0.25) is 0 Å². The van der Waals surface area contributed by atoms with Crippen molar-refractivity contribution in [2.24, 2.45) is 0 Å². The summed E-state index contributed by atoms with van der Waals surface area (Å²) in [6.45, 7) is 9.58. The van der Waals surface area contributed by atoms with Gasteiger partial charge in [-0.1, -0.05) is 43.2 Å². The summed E-state index contributed by atoms with van der Waals surface area (Å²) in [6.07, 6.45) is 2.68. The third-order valence-corrected chi connectivity index (χ3v) is 5.75. The Morgan fingerprint density at radius 3 is 2.30 bits per heavy atom. The molecule has 6 nitrogen and oxygen atoms in total. The Morgan fingerprint density at radius 1 is 0.909 bits per heavy atom. The molecule has 0 saturated heterocycles. The Morgan fingerprint density at radius 2 is 1.61 bits per heavy atom. The molecule has 0 fully saturated rings. The summed E-state index contributed by atoms with van der Waals surface area (Å²) in [7, 11) is 1.59. The summed E-state index contributed by atoms with van der Waals surface area (Å²) in [5, 5.41) is 3.23. The molecule has 0 unspecified atom stereocenters. The summed E-state index contributed by atoms with van der Waals surface area (Å²) >= 11 is 0. The smallest absolute Gasteiger partial charge is 0.278 e. The van der Waals surface area contributed by atoms with Crippen LogP contribution in [0, 0.1) is 20.8 Å². The first-order valence-electron chi connectivity index (χ1n) is 11.5. The van der Waals surface area contributed by atoms with Crippen LogP contribution in [0.25, 0.3) is 5.57 Å². The third kappa shape index (κ3) is 5.63. The fraction of sp³-hybridized carbons (Fsp3) is 0.407. The number of nitrogens with zero attached hydrogens (tertiary/aromatic N) is 1. The second kappa shape index (κ2) is 11.1. The number of imide groups is 1. The van der Waals surface area contributed by atoms with Crippen LogP contribution >= 0.6 is 0 Å². The molecule has 2 aromatic rings. The van der Waals surface area contributed by atoms with Gasteiger partial charge in [0.2, 0.25) is 0 Å². The molecule has 0 saturated carbocycles. The Bertz CT molecular complexity index is 1060. The van der Waals surface area contributed by atoms with Crippen molar-refractivity contribution in [3.05, 3.63) is 64.3 Å². The van der Waals surface area contributed by atoms with Crippen LogP contribution in [0.4, 0.5) is 5.69 Å². The molecule has 2 amide bonds. The molecule has 0 aromatic heterocycles. The summed E-state index contributed by atoms with van der Waals surface area (Å²) in [5.41, 5.74) is 5.16. The van der Waals surface area contributed by atoms with Gasteiger partial charge in [0.25, 0.3) is 11.8 Å². The number of hydrogen-bond acceptors (Lipinski definition) is 5. The van der Waals surface area contributed by atoms with Gasteiger partial charge in [0.1, 0.15) is 11.4 Å². The molecule has 1 aliphatic rings. The van der Waals surface area contributed by atoms with E-state index in [4.69, 9.17) is 9.47 Å². The number of carbonyl (C=O) groups excluding carboxylic acids is 2. The van der Waals surface area contributed by atoms with Crippen molar-refractivity contribution >= 4 is 23.1 Å². The van der Waals surface area contributed by atoms with E-state index in [-0.39, 0.29) is 17.5 Å². The average molecular weight is 451 g/mol. The number of unbranched alkanes of at least 4 members (excludes halogenated alkanes) is 1. The minimum Gasteiger partial charge on any atom is -0.495 e. The van der Waals surface area contributed by atoms with Gasteiger partial charge in [-0.2, -0.15) is 0 Å². The zero-order chi connectivity index (χ0) is 24.0. The molecule has 1 N–H and O–H groups in total. The van der Waals surface area contributed by atoms with E-state index in [1.807, 2.05) is 57.2 Å². The molecule has 6 heteroatoms. The maximum absolute atomic E-state index is 13.5. The van der Waals surface area contributed by atoms with Gasteiger partial charge in [0.15, 0.2) is 0 Å². The third-order valence-electron chi connectivity index (χ3n) is 5.75. The number of amides is 2. The second-order valence-electron chi connectivity index (χ2n) is 8.48. The van der Waals surface area contributed by atoms with E-state index in [9.17, 15) is 9.59 Å². The second-order valence-corrected chi connectivity index (χ2v) is 8.48. The molecule has 0 spiro atoms. The fourth-order valence-corrected chi connectivity index (χ4v) is 3.97. The molecule has 2 aromatic carbocycles. The summed E-state index contributed by atoms with van der Waals surface area (Å²) in [6, 6.07) is 11.6. The monoisotopic (exact) mass is 450 g/mol. The average Bonchev–Trinajstić information content (AvgIpc) is 3.00. The van der Waals surface area contributed by atoms with Crippen LogP contribution in [0.1, 0.15) is 48.4 Å². The van der Waals surface area contributed by atoms with Crippen molar-refractivity contribution < 1.29 is 19.1 Å². The lowest BCUT2D eigenvalue weighted by atomic mass is 9.97. The molecular formula is C27H34N2O4. The van der Waals surface area contributed by atoms with Crippen LogP contribution in [-0.4, -0.2) is 43.6 Å². The van der Waals surface area contributed by atoms with Gasteiger partial charge in [0.05, 0.1) is 18.4 Å². The molecule has 3 rings (SSSR count). The highest BCUT2D eigenvalue weighted by atomic mass is 16.5. The zero-order valence-corrected chi connectivity index (χ0v) is 20.3. The quantitative estimate of drug-likeness (QED) is 0.385. The molecular weight excluding hydrogens is 416 g/mol. The summed E-state index contributed by atoms with van der Waals surface area (Å²) in [4.78, 5) is 28.2. The normalized spacial score (nSPS) is 13.8. The van der Waals surface area contributed by atoms with Crippen molar-refractivity contribution in [2.45, 2.75) is 47.0 Å². The van der Waals surface area contributed by atoms with Gasteiger partial charge in [-0.15, -0.1) is 0 Å². The van der Waals surface area contributed by atoms with Gasteiger partial charge in [0, 0.05) is 19.8 Å². The van der Waals surface area contributed by atoms with E-state index in [1.165, 1.54) is 4.90 Å². The van der Waals surface area contributed by atoms with Gasteiger partial charge in [-0.25, -0.2) is 0 Å². The maximum atomic E-state index is 13.5. The predicted octanol–water partition coefficient (Wildman–Crippen LogP) is 5.02. The topological polar surface area (TPSA) is 67.9 Å². The minimum atomic E-state index is -0.327. The van der Waals surface area contributed by atoms with Gasteiger partial charge < -0.3 is 14.8 Å². The van der Waals surface area contributed by atoms with Gasteiger partial charge in [-0.3, -0.25) is 14.5 Å². The maximum Gasteiger partial charge on any atom is 0.278 e. The number of ether oxygens (including phenoxy) is 2. The van der Waals surface area contributed by atoms with E-state index >= 15 is 0 Å². The van der Waals surface area contributed by atoms with E-state index in [0.29, 0.717) is 43.2 Å². The van der Waals surface area contributed by atoms with Crippen LogP contribution in [-0.2, 0) is 14.3 Å². The van der Waals surface area contributed by atoms with Crippen LogP contribution in [0.5, 0.6) is 5.75 Å². The number of carbonyl (C=O) groups is 2. The van der Waals surface area contributed by atoms with Crippen molar-refractivity contribution in [1.29, 1.82) is 0 Å². The molecule has 0 atom stereocenters. The van der Waals surface area contributed by atoms with Crippen LogP contribution in [0.15, 0.2) is 42.1 Å². The molecule has 0 radical (unpaired) electrons. The van der Waals surface area contributed by atoms with Crippen LogP contribution < -0.4 is 10.1 Å². The Balaban J connectivity index is 1.93. The van der Waals surface area contributed by atoms with E-state index in [2.05, 4.69) is 12.2 Å². The minimum absolute atomic E-state index is 0.280.